The molecule has 5 heteroatoms. The summed E-state index contributed by atoms with van der Waals surface area (Å²) < 4.78 is 5.13. The first-order valence-corrected chi connectivity index (χ1v) is 12.1. The van der Waals surface area contributed by atoms with Crippen LogP contribution in [0.15, 0.2) is 23.3 Å². The van der Waals surface area contributed by atoms with Crippen molar-refractivity contribution in [3.63, 3.8) is 0 Å². The lowest BCUT2D eigenvalue weighted by Crippen LogP contribution is -2.49. The Morgan fingerprint density at radius 2 is 2.13 bits per heavy atom. The van der Waals surface area contributed by atoms with E-state index in [4.69, 9.17) is 10.5 Å². The van der Waals surface area contributed by atoms with Crippen molar-refractivity contribution in [2.24, 2.45) is 34.3 Å². The lowest BCUT2D eigenvalue weighted by atomic mass is 9.53. The third-order valence-corrected chi connectivity index (χ3v) is 8.95. The maximum absolute atomic E-state index is 13.3. The monoisotopic (exact) mass is 431 g/mol. The zero-order valence-corrected chi connectivity index (χ0v) is 19.8. The van der Waals surface area contributed by atoms with Crippen molar-refractivity contribution in [1.29, 1.82) is 0 Å². The van der Waals surface area contributed by atoms with Crippen LogP contribution in [-0.4, -0.2) is 36.1 Å². The molecule has 3 aliphatic carbocycles. The molecule has 0 aromatic carbocycles. The summed E-state index contributed by atoms with van der Waals surface area (Å²) in [7, 11) is 0. The lowest BCUT2D eigenvalue weighted by Gasteiger charge is -2.50. The molecule has 3 aliphatic rings. The summed E-state index contributed by atoms with van der Waals surface area (Å²) in [4.78, 5) is 24.8. The number of ketones is 1. The molecular formula is C26H41NO4. The first kappa shape index (κ1) is 24.2. The van der Waals surface area contributed by atoms with Crippen molar-refractivity contribution in [2.45, 2.75) is 85.2 Å². The van der Waals surface area contributed by atoms with E-state index >= 15 is 0 Å². The molecule has 2 fully saturated rings. The highest BCUT2D eigenvalue weighted by Crippen LogP contribution is 2.67. The topological polar surface area (TPSA) is 89.6 Å². The van der Waals surface area contributed by atoms with Crippen molar-refractivity contribution in [2.75, 3.05) is 13.2 Å². The molecule has 3 N–H and O–H groups in total. The molecule has 0 spiro atoms. The van der Waals surface area contributed by atoms with E-state index in [0.29, 0.717) is 11.8 Å². The van der Waals surface area contributed by atoms with Crippen molar-refractivity contribution in [3.05, 3.63) is 23.3 Å². The summed E-state index contributed by atoms with van der Waals surface area (Å²) in [5, 5.41) is 10.3. The number of Topliss-reactive ketones (excluding diaryl/α,β-unsaturated/α-hetero) is 1. The summed E-state index contributed by atoms with van der Waals surface area (Å²) >= 11 is 0. The third kappa shape index (κ3) is 4.41. The van der Waals surface area contributed by atoms with Crippen LogP contribution in [0, 0.1) is 28.6 Å². The van der Waals surface area contributed by atoms with Crippen LogP contribution < -0.4 is 5.73 Å². The minimum atomic E-state index is -0.525. The summed E-state index contributed by atoms with van der Waals surface area (Å²) in [6.45, 7) is 8.33. The number of carbonyl (C=O) groups excluding carboxylic acids is 2. The van der Waals surface area contributed by atoms with Crippen molar-refractivity contribution in [1.82, 2.24) is 0 Å². The Morgan fingerprint density at radius 3 is 2.81 bits per heavy atom. The van der Waals surface area contributed by atoms with Gasteiger partial charge in [-0.05, 0) is 61.7 Å². The number of fused-ring (bicyclic) bond motifs is 3. The molecule has 0 heterocycles. The van der Waals surface area contributed by atoms with Crippen LogP contribution in [0.2, 0.25) is 0 Å². The molecule has 5 nitrogen and oxygen atoms in total. The smallest absolute Gasteiger partial charge is 0.320 e. The van der Waals surface area contributed by atoms with Gasteiger partial charge in [0.25, 0.3) is 0 Å². The third-order valence-electron chi connectivity index (χ3n) is 8.95. The number of ether oxygens (including phenoxy) is 1. The van der Waals surface area contributed by atoms with E-state index in [0.717, 1.165) is 51.4 Å². The standard InChI is InChI=1S/C26H41NO4/c1-5-6-7-20(28)14-18-8-9-21-19(13-18)10-11-25(3)22(21)12-17(2)26(25,4)23(29)16-31-24(30)15-27/h10,14,17,20-22,28H,5-9,11-13,15-16,27H2,1-4H3/b18-14-/t17-,20?,21?,22?,25-,26+/m0/s1. The van der Waals surface area contributed by atoms with Gasteiger partial charge >= 0.3 is 5.97 Å². The van der Waals surface area contributed by atoms with Gasteiger partial charge < -0.3 is 15.6 Å². The van der Waals surface area contributed by atoms with Crippen molar-refractivity contribution < 1.29 is 19.4 Å². The van der Waals surface area contributed by atoms with Gasteiger partial charge in [-0.15, -0.1) is 0 Å². The van der Waals surface area contributed by atoms with E-state index in [1.165, 1.54) is 11.1 Å². The fraction of sp³-hybridized carbons (Fsp3) is 0.769. The largest absolute Gasteiger partial charge is 0.457 e. The quantitative estimate of drug-likeness (QED) is 0.441. The summed E-state index contributed by atoms with van der Waals surface area (Å²) in [6, 6.07) is 0. The Labute approximate surface area is 187 Å². The Bertz CT molecular complexity index is 757. The van der Waals surface area contributed by atoms with E-state index in [1.807, 2.05) is 0 Å². The fourth-order valence-electron chi connectivity index (χ4n) is 6.69. The van der Waals surface area contributed by atoms with Crippen LogP contribution in [0.4, 0.5) is 0 Å². The Kier molecular flexibility index (Phi) is 7.47. The molecule has 0 amide bonds. The zero-order chi connectivity index (χ0) is 22.8. The van der Waals surface area contributed by atoms with Crippen LogP contribution in [0.3, 0.4) is 0 Å². The van der Waals surface area contributed by atoms with Gasteiger partial charge in [0.1, 0.15) is 0 Å². The van der Waals surface area contributed by atoms with Crippen LogP contribution >= 0.6 is 0 Å². The molecule has 0 aromatic rings. The van der Waals surface area contributed by atoms with Gasteiger partial charge in [-0.3, -0.25) is 9.59 Å². The van der Waals surface area contributed by atoms with Gasteiger partial charge in [-0.2, -0.15) is 0 Å². The average molecular weight is 432 g/mol. The van der Waals surface area contributed by atoms with Gasteiger partial charge in [-0.25, -0.2) is 0 Å². The zero-order valence-electron chi connectivity index (χ0n) is 19.8. The van der Waals surface area contributed by atoms with E-state index in [9.17, 15) is 14.7 Å². The summed E-state index contributed by atoms with van der Waals surface area (Å²) in [5.41, 5.74) is 7.56. The van der Waals surface area contributed by atoms with E-state index < -0.39 is 11.4 Å². The minimum absolute atomic E-state index is 0.0269. The summed E-state index contributed by atoms with van der Waals surface area (Å²) in [5.74, 6) is 0.717. The molecule has 6 atom stereocenters. The Morgan fingerprint density at radius 1 is 1.39 bits per heavy atom. The van der Waals surface area contributed by atoms with Crippen molar-refractivity contribution in [3.8, 4) is 0 Å². The first-order valence-electron chi connectivity index (χ1n) is 12.1. The average Bonchev–Trinajstić information content (AvgIpc) is 2.97. The van der Waals surface area contributed by atoms with E-state index in [2.05, 4.69) is 39.8 Å². The normalized spacial score (nSPS) is 37.0. The van der Waals surface area contributed by atoms with Gasteiger partial charge in [-0.1, -0.05) is 63.8 Å². The molecular weight excluding hydrogens is 390 g/mol. The highest BCUT2D eigenvalue weighted by molar-refractivity contribution is 5.89. The van der Waals surface area contributed by atoms with E-state index in [-0.39, 0.29) is 36.4 Å². The van der Waals surface area contributed by atoms with Crippen LogP contribution in [0.5, 0.6) is 0 Å². The highest BCUT2D eigenvalue weighted by Gasteiger charge is 2.64. The number of unbranched alkanes of at least 4 members (excludes halogenated alkanes) is 1. The lowest BCUT2D eigenvalue weighted by molar-refractivity contribution is -0.154. The van der Waals surface area contributed by atoms with Crippen LogP contribution in [0.1, 0.15) is 79.1 Å². The molecule has 31 heavy (non-hydrogen) atoms. The second-order valence-corrected chi connectivity index (χ2v) is 10.5. The second-order valence-electron chi connectivity index (χ2n) is 10.5. The number of aliphatic hydroxyl groups is 1. The maximum Gasteiger partial charge on any atom is 0.320 e. The van der Waals surface area contributed by atoms with Crippen LogP contribution in [0.25, 0.3) is 0 Å². The number of nitrogens with two attached hydrogens (primary N) is 1. The number of allylic oxidation sites excluding steroid dienone is 3. The van der Waals surface area contributed by atoms with Gasteiger partial charge in [0, 0.05) is 5.41 Å². The van der Waals surface area contributed by atoms with Gasteiger partial charge in [0.05, 0.1) is 12.6 Å². The fourth-order valence-corrected chi connectivity index (χ4v) is 6.69. The maximum atomic E-state index is 13.3. The second kappa shape index (κ2) is 9.58. The molecule has 0 saturated heterocycles. The van der Waals surface area contributed by atoms with Crippen molar-refractivity contribution >= 4 is 11.8 Å². The Hall–Kier alpha value is -1.46. The highest BCUT2D eigenvalue weighted by atomic mass is 16.5. The van der Waals surface area contributed by atoms with E-state index in [1.54, 1.807) is 0 Å². The molecule has 2 saturated carbocycles. The predicted octanol–water partition coefficient (Wildman–Crippen LogP) is 4.33. The van der Waals surface area contributed by atoms with Gasteiger partial charge in [0.2, 0.25) is 0 Å². The number of esters is 1. The molecule has 3 unspecified atom stereocenters. The number of hydrogen-bond acceptors (Lipinski definition) is 5. The number of hydrogen-bond donors (Lipinski definition) is 2. The number of carbonyl (C=O) groups is 2. The van der Waals surface area contributed by atoms with Gasteiger partial charge in [0.15, 0.2) is 12.4 Å². The number of aliphatic hydroxyl groups excluding tert-OH is 1. The first-order chi connectivity index (χ1) is 14.7. The molecule has 174 valence electrons. The predicted molar refractivity (Wildman–Crippen MR) is 122 cm³/mol. The SMILES string of the molecule is CCCCC(O)/C=C1/CCC2C(=CC[C@@]3(C)C2C[C@H](C)[C@]3(C)C(=O)COC(=O)CN)C1. The molecule has 0 bridgehead atoms. The molecule has 3 rings (SSSR count). The summed E-state index contributed by atoms with van der Waals surface area (Å²) in [6.07, 6.45) is 12.2. The molecule has 0 radical (unpaired) electrons. The number of rotatable bonds is 8. The van der Waals surface area contributed by atoms with Crippen LogP contribution in [-0.2, 0) is 14.3 Å². The Balaban J connectivity index is 1.77. The molecule has 0 aromatic heterocycles. The minimum Gasteiger partial charge on any atom is -0.457 e. The molecule has 0 aliphatic heterocycles.